The van der Waals surface area contributed by atoms with E-state index in [0.717, 1.165) is 25.6 Å². The molecule has 0 unspecified atom stereocenters. The predicted molar refractivity (Wildman–Crippen MR) is 72.1 cm³/mol. The Morgan fingerprint density at radius 1 is 1.05 bits per heavy atom. The molecule has 1 aliphatic heterocycles. The van der Waals surface area contributed by atoms with Gasteiger partial charge in [0.25, 0.3) is 0 Å². The van der Waals surface area contributed by atoms with Gasteiger partial charge in [-0.2, -0.15) is 0 Å². The zero-order valence-electron chi connectivity index (χ0n) is 10.9. The van der Waals surface area contributed by atoms with E-state index in [-0.39, 0.29) is 11.4 Å². The maximum Gasteiger partial charge on any atom is 0.151 e. The number of halogens is 2. The first-order chi connectivity index (χ1) is 9.13. The van der Waals surface area contributed by atoms with E-state index < -0.39 is 11.6 Å². The van der Waals surface area contributed by atoms with Crippen molar-refractivity contribution in [3.63, 3.8) is 0 Å². The van der Waals surface area contributed by atoms with Crippen LogP contribution >= 0.6 is 0 Å². The van der Waals surface area contributed by atoms with Gasteiger partial charge in [-0.15, -0.1) is 0 Å². The Kier molecular flexibility index (Phi) is 3.31. The summed E-state index contributed by atoms with van der Waals surface area (Å²) in [5.74, 6) is -0.266. The number of nitrogens with zero attached hydrogens (tertiary/aromatic N) is 2. The highest BCUT2D eigenvalue weighted by Gasteiger charge is 2.27. The molecule has 2 aliphatic rings. The van der Waals surface area contributed by atoms with Gasteiger partial charge < -0.3 is 10.6 Å². The van der Waals surface area contributed by atoms with Gasteiger partial charge in [-0.1, -0.05) is 0 Å². The third-order valence-electron chi connectivity index (χ3n) is 3.94. The lowest BCUT2D eigenvalue weighted by molar-refractivity contribution is 0.247. The summed E-state index contributed by atoms with van der Waals surface area (Å²) in [6.07, 6.45) is 2.67. The van der Waals surface area contributed by atoms with Crippen molar-refractivity contribution in [3.05, 3.63) is 23.8 Å². The molecule has 2 N–H and O–H groups in total. The smallest absolute Gasteiger partial charge is 0.151 e. The average Bonchev–Trinajstić information content (AvgIpc) is 3.14. The highest BCUT2D eigenvalue weighted by atomic mass is 19.1. The lowest BCUT2D eigenvalue weighted by Crippen LogP contribution is -2.47. The first kappa shape index (κ1) is 12.7. The molecule has 1 saturated carbocycles. The van der Waals surface area contributed by atoms with Crippen LogP contribution in [-0.2, 0) is 0 Å². The van der Waals surface area contributed by atoms with Crippen LogP contribution in [0.15, 0.2) is 12.1 Å². The van der Waals surface area contributed by atoms with Crippen LogP contribution in [0.25, 0.3) is 0 Å². The topological polar surface area (TPSA) is 32.5 Å². The third-order valence-corrected chi connectivity index (χ3v) is 3.94. The van der Waals surface area contributed by atoms with Gasteiger partial charge in [-0.25, -0.2) is 8.78 Å². The molecule has 3 nitrogen and oxygen atoms in total. The second-order valence-electron chi connectivity index (χ2n) is 5.56. The number of piperazine rings is 1. The number of nitrogen functional groups attached to an aromatic ring is 1. The van der Waals surface area contributed by atoms with Crippen molar-refractivity contribution in [2.75, 3.05) is 43.4 Å². The normalized spacial score (nSPS) is 20.8. The molecular weight excluding hydrogens is 248 g/mol. The van der Waals surface area contributed by atoms with Gasteiger partial charge in [0.1, 0.15) is 5.69 Å². The fourth-order valence-corrected chi connectivity index (χ4v) is 2.71. The van der Waals surface area contributed by atoms with Gasteiger partial charge >= 0.3 is 0 Å². The van der Waals surface area contributed by atoms with Gasteiger partial charge in [0, 0.05) is 38.4 Å². The van der Waals surface area contributed by atoms with Crippen molar-refractivity contribution in [1.29, 1.82) is 0 Å². The molecule has 1 aromatic carbocycles. The molecule has 0 amide bonds. The Balaban J connectivity index is 1.67. The SMILES string of the molecule is Nc1cc(F)c(N2CCN(CC3CC3)CC2)c(F)c1. The van der Waals surface area contributed by atoms with E-state index in [9.17, 15) is 8.78 Å². The zero-order valence-corrected chi connectivity index (χ0v) is 10.9. The average molecular weight is 267 g/mol. The lowest BCUT2D eigenvalue weighted by Gasteiger charge is -2.36. The largest absolute Gasteiger partial charge is 0.399 e. The summed E-state index contributed by atoms with van der Waals surface area (Å²) in [6, 6.07) is 2.38. The second-order valence-corrected chi connectivity index (χ2v) is 5.56. The molecule has 5 heteroatoms. The molecule has 104 valence electrons. The van der Waals surface area contributed by atoms with Crippen molar-refractivity contribution in [1.82, 2.24) is 4.90 Å². The lowest BCUT2D eigenvalue weighted by atomic mass is 10.2. The Morgan fingerprint density at radius 3 is 2.16 bits per heavy atom. The Morgan fingerprint density at radius 2 is 1.63 bits per heavy atom. The van der Waals surface area contributed by atoms with Crippen molar-refractivity contribution >= 4 is 11.4 Å². The Labute approximate surface area is 112 Å². The van der Waals surface area contributed by atoms with Crippen LogP contribution in [-0.4, -0.2) is 37.6 Å². The van der Waals surface area contributed by atoms with Crippen molar-refractivity contribution < 1.29 is 8.78 Å². The van der Waals surface area contributed by atoms with Crippen LogP contribution in [0.1, 0.15) is 12.8 Å². The van der Waals surface area contributed by atoms with Crippen LogP contribution in [0.4, 0.5) is 20.2 Å². The number of benzene rings is 1. The molecule has 1 heterocycles. The maximum absolute atomic E-state index is 13.8. The van der Waals surface area contributed by atoms with E-state index in [4.69, 9.17) is 5.73 Å². The van der Waals surface area contributed by atoms with Crippen molar-refractivity contribution in [2.45, 2.75) is 12.8 Å². The minimum atomic E-state index is -0.562. The molecule has 0 bridgehead atoms. The van der Waals surface area contributed by atoms with Gasteiger partial charge in [-0.05, 0) is 30.9 Å². The minimum absolute atomic E-state index is 0.0697. The Bertz CT molecular complexity index is 443. The maximum atomic E-state index is 13.8. The summed E-state index contributed by atoms with van der Waals surface area (Å²) >= 11 is 0. The fourth-order valence-electron chi connectivity index (χ4n) is 2.71. The second kappa shape index (κ2) is 4.96. The van der Waals surface area contributed by atoms with Crippen molar-refractivity contribution in [2.24, 2.45) is 5.92 Å². The van der Waals surface area contributed by atoms with Gasteiger partial charge in [-0.3, -0.25) is 4.90 Å². The summed E-state index contributed by atoms with van der Waals surface area (Å²) in [5.41, 5.74) is 5.64. The van der Waals surface area contributed by atoms with E-state index >= 15 is 0 Å². The molecule has 1 aliphatic carbocycles. The first-order valence-electron chi connectivity index (χ1n) is 6.85. The molecule has 3 rings (SSSR count). The quantitative estimate of drug-likeness (QED) is 0.851. The summed E-state index contributed by atoms with van der Waals surface area (Å²) in [5, 5.41) is 0. The van der Waals surface area contributed by atoms with E-state index in [1.807, 2.05) is 0 Å². The fraction of sp³-hybridized carbons (Fsp3) is 0.571. The van der Waals surface area contributed by atoms with Crippen LogP contribution in [0.2, 0.25) is 0 Å². The number of nitrogens with two attached hydrogens (primary N) is 1. The molecule has 1 aromatic rings. The van der Waals surface area contributed by atoms with Crippen LogP contribution in [0.5, 0.6) is 0 Å². The monoisotopic (exact) mass is 267 g/mol. The predicted octanol–water partition coefficient (Wildman–Crippen LogP) is 2.08. The summed E-state index contributed by atoms with van der Waals surface area (Å²) in [4.78, 5) is 4.18. The molecule has 2 fully saturated rings. The number of rotatable bonds is 3. The number of anilines is 2. The van der Waals surface area contributed by atoms with E-state index in [1.54, 1.807) is 4.90 Å². The Hall–Kier alpha value is -1.36. The van der Waals surface area contributed by atoms with Gasteiger partial charge in [0.05, 0.1) is 0 Å². The summed E-state index contributed by atoms with van der Waals surface area (Å²) in [6.45, 7) is 4.23. The highest BCUT2D eigenvalue weighted by molar-refractivity contribution is 5.56. The molecule has 1 saturated heterocycles. The molecule has 0 spiro atoms. The number of hydrogen-bond donors (Lipinski definition) is 1. The van der Waals surface area contributed by atoms with E-state index in [0.29, 0.717) is 13.1 Å². The van der Waals surface area contributed by atoms with Crippen LogP contribution < -0.4 is 10.6 Å². The van der Waals surface area contributed by atoms with Gasteiger partial charge in [0.15, 0.2) is 11.6 Å². The molecule has 0 radical (unpaired) electrons. The van der Waals surface area contributed by atoms with E-state index in [2.05, 4.69) is 4.90 Å². The van der Waals surface area contributed by atoms with Gasteiger partial charge in [0.2, 0.25) is 0 Å². The first-order valence-corrected chi connectivity index (χ1v) is 6.85. The summed E-state index contributed by atoms with van der Waals surface area (Å²) in [7, 11) is 0. The van der Waals surface area contributed by atoms with E-state index in [1.165, 1.54) is 25.0 Å². The standard InChI is InChI=1S/C14H19F2N3/c15-12-7-11(17)8-13(16)14(12)19-5-3-18(4-6-19)9-10-1-2-10/h7-8,10H,1-6,9,17H2. The highest BCUT2D eigenvalue weighted by Crippen LogP contribution is 2.31. The van der Waals surface area contributed by atoms with Crippen LogP contribution in [0, 0.1) is 17.6 Å². The summed E-state index contributed by atoms with van der Waals surface area (Å²) < 4.78 is 27.7. The molecule has 0 aromatic heterocycles. The van der Waals surface area contributed by atoms with Crippen molar-refractivity contribution in [3.8, 4) is 0 Å². The van der Waals surface area contributed by atoms with Crippen LogP contribution in [0.3, 0.4) is 0 Å². The number of hydrogen-bond acceptors (Lipinski definition) is 3. The molecule has 0 atom stereocenters. The third kappa shape index (κ3) is 2.81. The minimum Gasteiger partial charge on any atom is -0.399 e. The molecule has 19 heavy (non-hydrogen) atoms. The zero-order chi connectivity index (χ0) is 13.4. The molecular formula is C14H19F2N3.